The molecule has 6 heteroatoms. The molecular weight excluding hydrogens is 252 g/mol. The molecule has 1 atom stereocenters. The van der Waals surface area contributed by atoms with E-state index in [2.05, 4.69) is 10.6 Å². The fourth-order valence-corrected chi connectivity index (χ4v) is 2.62. The average molecular weight is 270 g/mol. The van der Waals surface area contributed by atoms with Gasteiger partial charge in [-0.15, -0.1) is 0 Å². The summed E-state index contributed by atoms with van der Waals surface area (Å²) >= 11 is 0. The second-order valence-electron chi connectivity index (χ2n) is 4.40. The van der Waals surface area contributed by atoms with Crippen molar-refractivity contribution < 1.29 is 13.2 Å². The van der Waals surface area contributed by atoms with E-state index in [1.54, 1.807) is 24.3 Å². The molecule has 1 rings (SSSR count). The molecule has 100 valence electrons. The maximum absolute atomic E-state index is 11.1. The van der Waals surface area contributed by atoms with Crippen LogP contribution in [0, 0.1) is 0 Å². The molecule has 0 heterocycles. The molecule has 0 fully saturated rings. The van der Waals surface area contributed by atoms with Gasteiger partial charge in [-0.1, -0.05) is 0 Å². The van der Waals surface area contributed by atoms with Crippen molar-refractivity contribution in [2.24, 2.45) is 0 Å². The SMILES string of the molecule is CC(=O)Nc1ccc(NC(C)CS(C)(=O)=O)cc1. The minimum atomic E-state index is -2.99. The van der Waals surface area contributed by atoms with Crippen molar-refractivity contribution in [1.29, 1.82) is 0 Å². The predicted octanol–water partition coefficient (Wildman–Crippen LogP) is 1.49. The van der Waals surface area contributed by atoms with E-state index in [-0.39, 0.29) is 17.7 Å². The third-order valence-corrected chi connectivity index (χ3v) is 3.28. The highest BCUT2D eigenvalue weighted by Gasteiger charge is 2.10. The van der Waals surface area contributed by atoms with Gasteiger partial charge in [0.1, 0.15) is 9.84 Å². The van der Waals surface area contributed by atoms with Gasteiger partial charge in [-0.2, -0.15) is 0 Å². The molecule has 1 aromatic carbocycles. The molecule has 0 radical (unpaired) electrons. The summed E-state index contributed by atoms with van der Waals surface area (Å²) in [7, 11) is -2.99. The quantitative estimate of drug-likeness (QED) is 0.850. The molecule has 18 heavy (non-hydrogen) atoms. The number of hydrogen-bond acceptors (Lipinski definition) is 4. The average Bonchev–Trinajstić information content (AvgIpc) is 2.17. The molecular formula is C12H18N2O3S. The maximum Gasteiger partial charge on any atom is 0.221 e. The van der Waals surface area contributed by atoms with Gasteiger partial charge in [0, 0.05) is 30.6 Å². The first kappa shape index (κ1) is 14.5. The number of anilines is 2. The summed E-state index contributed by atoms with van der Waals surface area (Å²) in [6, 6.07) is 6.95. The van der Waals surface area contributed by atoms with E-state index < -0.39 is 9.84 Å². The van der Waals surface area contributed by atoms with Crippen molar-refractivity contribution in [1.82, 2.24) is 0 Å². The van der Waals surface area contributed by atoms with Crippen LogP contribution in [0.1, 0.15) is 13.8 Å². The van der Waals surface area contributed by atoms with Gasteiger partial charge in [-0.05, 0) is 31.2 Å². The summed E-state index contributed by atoms with van der Waals surface area (Å²) < 4.78 is 22.2. The molecule has 0 aliphatic heterocycles. The number of carbonyl (C=O) groups is 1. The Morgan fingerprint density at radius 3 is 2.17 bits per heavy atom. The second-order valence-corrected chi connectivity index (χ2v) is 6.58. The first-order valence-electron chi connectivity index (χ1n) is 5.58. The topological polar surface area (TPSA) is 75.3 Å². The van der Waals surface area contributed by atoms with E-state index in [4.69, 9.17) is 0 Å². The fraction of sp³-hybridized carbons (Fsp3) is 0.417. The van der Waals surface area contributed by atoms with Gasteiger partial charge < -0.3 is 10.6 Å². The number of hydrogen-bond donors (Lipinski definition) is 2. The van der Waals surface area contributed by atoms with E-state index >= 15 is 0 Å². The standard InChI is InChI=1S/C12H18N2O3S/c1-9(8-18(3,16)17)13-11-4-6-12(7-5-11)14-10(2)15/h4-7,9,13H,8H2,1-3H3,(H,14,15). The van der Waals surface area contributed by atoms with E-state index in [9.17, 15) is 13.2 Å². The van der Waals surface area contributed by atoms with Crippen LogP contribution < -0.4 is 10.6 Å². The van der Waals surface area contributed by atoms with Gasteiger partial charge in [-0.3, -0.25) is 4.79 Å². The number of nitrogens with one attached hydrogen (secondary N) is 2. The lowest BCUT2D eigenvalue weighted by molar-refractivity contribution is -0.114. The third kappa shape index (κ3) is 5.67. The van der Waals surface area contributed by atoms with Gasteiger partial charge in [0.25, 0.3) is 0 Å². The lowest BCUT2D eigenvalue weighted by atomic mass is 10.2. The zero-order valence-electron chi connectivity index (χ0n) is 10.7. The lowest BCUT2D eigenvalue weighted by Crippen LogP contribution is -2.24. The predicted molar refractivity (Wildman–Crippen MR) is 73.5 cm³/mol. The van der Waals surface area contributed by atoms with Crippen LogP contribution in [0.5, 0.6) is 0 Å². The fourth-order valence-electron chi connectivity index (χ4n) is 1.63. The molecule has 5 nitrogen and oxygen atoms in total. The number of amides is 1. The lowest BCUT2D eigenvalue weighted by Gasteiger charge is -2.14. The second kappa shape index (κ2) is 5.86. The molecule has 1 amide bonds. The number of carbonyl (C=O) groups excluding carboxylic acids is 1. The Bertz CT molecular complexity index is 509. The van der Waals surface area contributed by atoms with Gasteiger partial charge in [0.15, 0.2) is 0 Å². The van der Waals surface area contributed by atoms with Crippen molar-refractivity contribution in [3.63, 3.8) is 0 Å². The molecule has 0 aromatic heterocycles. The summed E-state index contributed by atoms with van der Waals surface area (Å²) in [6.45, 7) is 3.25. The molecule has 0 saturated heterocycles. The molecule has 1 aromatic rings. The van der Waals surface area contributed by atoms with Gasteiger partial charge >= 0.3 is 0 Å². The summed E-state index contributed by atoms with van der Waals surface area (Å²) in [4.78, 5) is 10.8. The van der Waals surface area contributed by atoms with Gasteiger partial charge in [-0.25, -0.2) is 8.42 Å². The van der Waals surface area contributed by atoms with Crippen LogP contribution >= 0.6 is 0 Å². The van der Waals surface area contributed by atoms with E-state index in [1.807, 2.05) is 6.92 Å². The Morgan fingerprint density at radius 1 is 1.22 bits per heavy atom. The minimum Gasteiger partial charge on any atom is -0.382 e. The van der Waals surface area contributed by atoms with Gasteiger partial charge in [0.05, 0.1) is 5.75 Å². The monoisotopic (exact) mass is 270 g/mol. The minimum absolute atomic E-state index is 0.0838. The van der Waals surface area contributed by atoms with Crippen LogP contribution in [0.25, 0.3) is 0 Å². The summed E-state index contributed by atoms with van der Waals surface area (Å²) in [5.74, 6) is -0.0402. The normalized spacial score (nSPS) is 12.8. The number of sulfone groups is 1. The molecule has 0 saturated carbocycles. The van der Waals surface area contributed by atoms with Crippen LogP contribution in [0.15, 0.2) is 24.3 Å². The smallest absolute Gasteiger partial charge is 0.221 e. The zero-order chi connectivity index (χ0) is 13.8. The van der Waals surface area contributed by atoms with E-state index in [0.29, 0.717) is 5.69 Å². The van der Waals surface area contributed by atoms with Crippen LogP contribution in [0.4, 0.5) is 11.4 Å². The molecule has 0 bridgehead atoms. The van der Waals surface area contributed by atoms with Crippen molar-refractivity contribution >= 4 is 27.1 Å². The van der Waals surface area contributed by atoms with Gasteiger partial charge in [0.2, 0.25) is 5.91 Å². The largest absolute Gasteiger partial charge is 0.382 e. The number of rotatable bonds is 5. The highest BCUT2D eigenvalue weighted by molar-refractivity contribution is 7.90. The molecule has 0 spiro atoms. The van der Waals surface area contributed by atoms with E-state index in [0.717, 1.165) is 5.69 Å². The van der Waals surface area contributed by atoms with Crippen LogP contribution in [-0.4, -0.2) is 32.4 Å². The van der Waals surface area contributed by atoms with Crippen LogP contribution in [-0.2, 0) is 14.6 Å². The Labute approximate surface area is 108 Å². The first-order chi connectivity index (χ1) is 8.26. The summed E-state index contributed by atoms with van der Waals surface area (Å²) in [6.07, 6.45) is 1.21. The maximum atomic E-state index is 11.1. The third-order valence-electron chi connectivity index (χ3n) is 2.17. The Morgan fingerprint density at radius 2 is 1.72 bits per heavy atom. The van der Waals surface area contributed by atoms with E-state index in [1.165, 1.54) is 13.2 Å². The van der Waals surface area contributed by atoms with Crippen molar-refractivity contribution in [3.8, 4) is 0 Å². The van der Waals surface area contributed by atoms with Crippen LogP contribution in [0.2, 0.25) is 0 Å². The van der Waals surface area contributed by atoms with Crippen molar-refractivity contribution in [2.75, 3.05) is 22.6 Å². The molecule has 2 N–H and O–H groups in total. The highest BCUT2D eigenvalue weighted by atomic mass is 32.2. The highest BCUT2D eigenvalue weighted by Crippen LogP contribution is 2.14. The summed E-state index contributed by atoms with van der Waals surface area (Å²) in [5.41, 5.74) is 1.53. The summed E-state index contributed by atoms with van der Waals surface area (Å²) in [5, 5.41) is 5.75. The molecule has 0 aliphatic rings. The van der Waals surface area contributed by atoms with Crippen molar-refractivity contribution in [2.45, 2.75) is 19.9 Å². The Balaban J connectivity index is 2.61. The Hall–Kier alpha value is -1.56. The zero-order valence-corrected chi connectivity index (χ0v) is 11.5. The number of benzene rings is 1. The Kier molecular flexibility index (Phi) is 4.72. The molecule has 1 unspecified atom stereocenters. The van der Waals surface area contributed by atoms with Crippen LogP contribution in [0.3, 0.4) is 0 Å². The first-order valence-corrected chi connectivity index (χ1v) is 7.64. The molecule has 0 aliphatic carbocycles. The van der Waals surface area contributed by atoms with Crippen molar-refractivity contribution in [3.05, 3.63) is 24.3 Å².